The molecule has 0 aliphatic heterocycles. The number of nitrogens with two attached hydrogens (primary N) is 1. The van der Waals surface area contributed by atoms with Crippen LogP contribution in [0, 0.1) is 10.1 Å². The number of carbonyl (C=O) groups is 1. The molecule has 0 unspecified atom stereocenters. The number of nitrogens with zero attached hydrogens (tertiary/aromatic N) is 2. The second kappa shape index (κ2) is 5.83. The van der Waals surface area contributed by atoms with Gasteiger partial charge in [0.15, 0.2) is 0 Å². The van der Waals surface area contributed by atoms with Gasteiger partial charge in [-0.05, 0) is 23.8 Å². The predicted octanol–water partition coefficient (Wildman–Crippen LogP) is 2.63. The minimum absolute atomic E-state index is 0.0498. The maximum Gasteiger partial charge on any atom is 0.335 e. The minimum Gasteiger partial charge on any atom is -0.478 e. The normalized spacial score (nSPS) is 10.7. The summed E-state index contributed by atoms with van der Waals surface area (Å²) in [6.07, 6.45) is 1.39. The monoisotopic (exact) mass is 285 g/mol. The van der Waals surface area contributed by atoms with E-state index in [1.54, 1.807) is 6.07 Å². The number of hydrogen-bond acceptors (Lipinski definition) is 5. The van der Waals surface area contributed by atoms with Crippen LogP contribution in [-0.2, 0) is 0 Å². The summed E-state index contributed by atoms with van der Waals surface area (Å²) in [5, 5.41) is 19.6. The van der Waals surface area contributed by atoms with Gasteiger partial charge in [0, 0.05) is 18.3 Å². The predicted molar refractivity (Wildman–Crippen MR) is 78.2 cm³/mol. The number of nitro benzene ring substituents is 1. The van der Waals surface area contributed by atoms with Crippen LogP contribution in [0.4, 0.5) is 17.1 Å². The number of nitrogen functional groups attached to an aromatic ring is 1. The molecule has 7 heteroatoms. The third-order valence-electron chi connectivity index (χ3n) is 2.71. The van der Waals surface area contributed by atoms with E-state index in [1.165, 1.54) is 42.6 Å². The number of rotatable bonds is 4. The Bertz CT molecular complexity index is 741. The Morgan fingerprint density at radius 3 is 2.71 bits per heavy atom. The molecule has 0 saturated carbocycles. The van der Waals surface area contributed by atoms with Gasteiger partial charge in [0.25, 0.3) is 5.69 Å². The molecule has 2 aromatic carbocycles. The summed E-state index contributed by atoms with van der Waals surface area (Å²) in [7, 11) is 0. The summed E-state index contributed by atoms with van der Waals surface area (Å²) in [5.74, 6) is -1.08. The van der Waals surface area contributed by atoms with Gasteiger partial charge in [-0.25, -0.2) is 4.79 Å². The zero-order valence-corrected chi connectivity index (χ0v) is 10.8. The van der Waals surface area contributed by atoms with Gasteiger partial charge in [0.2, 0.25) is 0 Å². The summed E-state index contributed by atoms with van der Waals surface area (Å²) in [6, 6.07) is 10.1. The van der Waals surface area contributed by atoms with Gasteiger partial charge < -0.3 is 10.8 Å². The molecule has 0 spiro atoms. The highest BCUT2D eigenvalue weighted by Crippen LogP contribution is 2.23. The topological polar surface area (TPSA) is 119 Å². The molecule has 0 radical (unpaired) electrons. The largest absolute Gasteiger partial charge is 0.478 e. The molecule has 0 bridgehead atoms. The van der Waals surface area contributed by atoms with Crippen molar-refractivity contribution in [2.24, 2.45) is 4.99 Å². The van der Waals surface area contributed by atoms with Crippen molar-refractivity contribution >= 4 is 29.2 Å². The van der Waals surface area contributed by atoms with Gasteiger partial charge in [-0.1, -0.05) is 12.1 Å². The van der Waals surface area contributed by atoms with Crippen molar-refractivity contribution in [3.63, 3.8) is 0 Å². The maximum absolute atomic E-state index is 10.9. The van der Waals surface area contributed by atoms with E-state index in [0.29, 0.717) is 16.9 Å². The Morgan fingerprint density at radius 1 is 1.29 bits per heavy atom. The molecular weight excluding hydrogens is 274 g/mol. The first-order valence-corrected chi connectivity index (χ1v) is 5.89. The fraction of sp³-hybridized carbons (Fsp3) is 0. The van der Waals surface area contributed by atoms with Crippen molar-refractivity contribution < 1.29 is 14.8 Å². The smallest absolute Gasteiger partial charge is 0.335 e. The molecular formula is C14H11N3O4. The zero-order chi connectivity index (χ0) is 15.4. The number of hydrogen-bond donors (Lipinski definition) is 2. The quantitative estimate of drug-likeness (QED) is 0.387. The van der Waals surface area contributed by atoms with Gasteiger partial charge in [0.1, 0.15) is 0 Å². The number of carboxylic acid groups (broad SMARTS) is 1. The number of carboxylic acids is 1. The van der Waals surface area contributed by atoms with E-state index >= 15 is 0 Å². The van der Waals surface area contributed by atoms with E-state index in [4.69, 9.17) is 10.8 Å². The van der Waals surface area contributed by atoms with E-state index in [2.05, 4.69) is 4.99 Å². The van der Waals surface area contributed by atoms with Crippen molar-refractivity contribution in [1.82, 2.24) is 0 Å². The van der Waals surface area contributed by atoms with Gasteiger partial charge >= 0.3 is 5.97 Å². The maximum atomic E-state index is 10.9. The van der Waals surface area contributed by atoms with E-state index in [0.717, 1.165) is 0 Å². The molecule has 0 aliphatic rings. The summed E-state index contributed by atoms with van der Waals surface area (Å²) >= 11 is 0. The van der Waals surface area contributed by atoms with Crippen molar-refractivity contribution in [3.8, 4) is 0 Å². The average molecular weight is 285 g/mol. The van der Waals surface area contributed by atoms with Gasteiger partial charge in [-0.2, -0.15) is 0 Å². The van der Waals surface area contributed by atoms with Crippen LogP contribution < -0.4 is 5.73 Å². The van der Waals surface area contributed by atoms with E-state index < -0.39 is 10.9 Å². The zero-order valence-electron chi connectivity index (χ0n) is 10.8. The fourth-order valence-corrected chi connectivity index (χ4v) is 1.65. The third-order valence-corrected chi connectivity index (χ3v) is 2.71. The molecule has 0 amide bonds. The SMILES string of the molecule is Nc1ccc(C(=O)O)cc1N=Cc1cccc([N+](=O)[O-])c1. The van der Waals surface area contributed by atoms with Crippen LogP contribution in [0.15, 0.2) is 47.5 Å². The lowest BCUT2D eigenvalue weighted by Gasteiger charge is -2.01. The highest BCUT2D eigenvalue weighted by atomic mass is 16.6. The lowest BCUT2D eigenvalue weighted by atomic mass is 10.1. The van der Waals surface area contributed by atoms with Crippen molar-refractivity contribution in [2.75, 3.05) is 5.73 Å². The first kappa shape index (κ1) is 14.2. The number of anilines is 1. The molecule has 0 atom stereocenters. The van der Waals surface area contributed by atoms with Crippen LogP contribution in [0.25, 0.3) is 0 Å². The summed E-state index contributed by atoms with van der Waals surface area (Å²) in [4.78, 5) is 25.1. The molecule has 21 heavy (non-hydrogen) atoms. The molecule has 3 N–H and O–H groups in total. The molecule has 2 aromatic rings. The van der Waals surface area contributed by atoms with E-state index in [-0.39, 0.29) is 11.3 Å². The molecule has 0 aromatic heterocycles. The standard InChI is InChI=1S/C14H11N3O4/c15-12-5-4-10(14(18)19)7-13(12)16-8-9-2-1-3-11(6-9)17(20)21/h1-8H,15H2,(H,18,19). The lowest BCUT2D eigenvalue weighted by Crippen LogP contribution is -1.97. The van der Waals surface area contributed by atoms with E-state index in [1.807, 2.05) is 0 Å². The number of non-ortho nitro benzene ring substituents is 1. The molecule has 0 heterocycles. The first-order chi connectivity index (χ1) is 9.97. The van der Waals surface area contributed by atoms with Gasteiger partial charge in [0.05, 0.1) is 21.9 Å². The molecule has 0 aliphatic carbocycles. The van der Waals surface area contributed by atoms with E-state index in [9.17, 15) is 14.9 Å². The molecule has 0 fully saturated rings. The fourth-order valence-electron chi connectivity index (χ4n) is 1.65. The van der Waals surface area contributed by atoms with Gasteiger partial charge in [-0.15, -0.1) is 0 Å². The van der Waals surface area contributed by atoms with Crippen LogP contribution in [0.5, 0.6) is 0 Å². The second-order valence-corrected chi connectivity index (χ2v) is 4.19. The average Bonchev–Trinajstić information content (AvgIpc) is 2.46. The molecule has 0 saturated heterocycles. The Labute approximate surface area is 119 Å². The highest BCUT2D eigenvalue weighted by molar-refractivity contribution is 5.91. The number of benzene rings is 2. The number of nitro groups is 1. The highest BCUT2D eigenvalue weighted by Gasteiger charge is 2.06. The molecule has 2 rings (SSSR count). The van der Waals surface area contributed by atoms with Crippen molar-refractivity contribution in [2.45, 2.75) is 0 Å². The number of aromatic carboxylic acids is 1. The van der Waals surface area contributed by atoms with Crippen LogP contribution in [0.1, 0.15) is 15.9 Å². The first-order valence-electron chi connectivity index (χ1n) is 5.89. The third kappa shape index (κ3) is 3.41. The van der Waals surface area contributed by atoms with Crippen LogP contribution in [0.3, 0.4) is 0 Å². The number of aliphatic imine (C=N–C) groups is 1. The molecule has 7 nitrogen and oxygen atoms in total. The Morgan fingerprint density at radius 2 is 2.05 bits per heavy atom. The van der Waals surface area contributed by atoms with Crippen molar-refractivity contribution in [3.05, 3.63) is 63.7 Å². The summed E-state index contributed by atoms with van der Waals surface area (Å²) in [6.45, 7) is 0. The minimum atomic E-state index is -1.08. The van der Waals surface area contributed by atoms with Gasteiger partial charge in [-0.3, -0.25) is 15.1 Å². The summed E-state index contributed by atoms with van der Waals surface area (Å²) < 4.78 is 0. The Balaban J connectivity index is 2.33. The van der Waals surface area contributed by atoms with Crippen LogP contribution >= 0.6 is 0 Å². The second-order valence-electron chi connectivity index (χ2n) is 4.19. The lowest BCUT2D eigenvalue weighted by molar-refractivity contribution is -0.384. The Kier molecular flexibility index (Phi) is 3.94. The van der Waals surface area contributed by atoms with Crippen LogP contribution in [0.2, 0.25) is 0 Å². The Hall–Kier alpha value is -3.22. The molecule has 106 valence electrons. The van der Waals surface area contributed by atoms with Crippen molar-refractivity contribution in [1.29, 1.82) is 0 Å². The summed E-state index contributed by atoms with van der Waals surface area (Å²) in [5.41, 5.74) is 6.86. The van der Waals surface area contributed by atoms with Crippen LogP contribution in [-0.4, -0.2) is 22.2 Å².